The first-order chi connectivity index (χ1) is 13.5. The molecule has 4 rings (SSSR count). The summed E-state index contributed by atoms with van der Waals surface area (Å²) in [7, 11) is 3.81. The van der Waals surface area contributed by atoms with Crippen LogP contribution in [0.15, 0.2) is 41.2 Å². The van der Waals surface area contributed by atoms with Crippen molar-refractivity contribution in [3.63, 3.8) is 0 Å². The number of carbonyl (C=O) groups excluding carboxylic acids is 1. The predicted octanol–water partition coefficient (Wildman–Crippen LogP) is 1.89. The SMILES string of the molecule is CN(C)CC(=O)N1CC2CC(C1)c1ccc(-c3cccc(C#N)c3)c(=O)n1C2. The Hall–Kier alpha value is -2.91. The Balaban J connectivity index is 1.66. The van der Waals surface area contributed by atoms with Crippen molar-refractivity contribution in [3.8, 4) is 17.2 Å². The highest BCUT2D eigenvalue weighted by Crippen LogP contribution is 2.35. The number of pyridine rings is 1. The molecule has 2 aromatic rings. The van der Waals surface area contributed by atoms with Gasteiger partial charge in [0.15, 0.2) is 0 Å². The molecule has 2 aliphatic heterocycles. The fraction of sp³-hybridized carbons (Fsp3) is 0.409. The molecule has 0 spiro atoms. The van der Waals surface area contributed by atoms with Crippen LogP contribution in [-0.4, -0.2) is 54.0 Å². The first-order valence-electron chi connectivity index (χ1n) is 9.63. The van der Waals surface area contributed by atoms with Crippen molar-refractivity contribution in [2.75, 3.05) is 33.7 Å². The first kappa shape index (κ1) is 18.5. The third kappa shape index (κ3) is 3.34. The van der Waals surface area contributed by atoms with E-state index < -0.39 is 0 Å². The second kappa shape index (κ2) is 7.25. The standard InChI is InChI=1S/C22H24N4O2/c1-24(2)14-21(27)25-11-16-9-18(13-25)20-7-6-19(22(28)26(20)12-16)17-5-3-4-15(8-17)10-23/h3-8,16,18H,9,11-14H2,1-2H3. The van der Waals surface area contributed by atoms with E-state index in [2.05, 4.69) is 6.07 Å². The molecule has 0 N–H and O–H groups in total. The minimum atomic E-state index is -0.00430. The summed E-state index contributed by atoms with van der Waals surface area (Å²) in [6, 6.07) is 13.2. The zero-order valence-electron chi connectivity index (χ0n) is 16.3. The van der Waals surface area contributed by atoms with Crippen molar-refractivity contribution < 1.29 is 4.79 Å². The Labute approximate surface area is 164 Å². The summed E-state index contributed by atoms with van der Waals surface area (Å²) in [5, 5.41) is 9.14. The summed E-state index contributed by atoms with van der Waals surface area (Å²) in [6.07, 6.45) is 1.02. The minimum Gasteiger partial charge on any atom is -0.341 e. The van der Waals surface area contributed by atoms with Gasteiger partial charge in [-0.2, -0.15) is 5.26 Å². The number of hydrogen-bond donors (Lipinski definition) is 0. The number of nitriles is 1. The predicted molar refractivity (Wildman–Crippen MR) is 107 cm³/mol. The topological polar surface area (TPSA) is 69.3 Å². The van der Waals surface area contributed by atoms with Crippen molar-refractivity contribution in [1.82, 2.24) is 14.4 Å². The van der Waals surface area contributed by atoms with Gasteiger partial charge < -0.3 is 14.4 Å². The van der Waals surface area contributed by atoms with E-state index in [0.717, 1.165) is 17.7 Å². The number of likely N-dealkylation sites (tertiary alicyclic amines) is 1. The summed E-state index contributed by atoms with van der Waals surface area (Å²) in [6.45, 7) is 2.44. The third-order valence-electron chi connectivity index (χ3n) is 5.71. The van der Waals surface area contributed by atoms with Gasteiger partial charge in [-0.25, -0.2) is 0 Å². The molecule has 144 valence electrons. The Morgan fingerprint density at radius 3 is 2.79 bits per heavy atom. The number of hydrogen-bond acceptors (Lipinski definition) is 4. The van der Waals surface area contributed by atoms with Crippen LogP contribution in [0.5, 0.6) is 0 Å². The van der Waals surface area contributed by atoms with Gasteiger partial charge >= 0.3 is 0 Å². The highest BCUT2D eigenvalue weighted by atomic mass is 16.2. The van der Waals surface area contributed by atoms with Gasteiger partial charge in [0.1, 0.15) is 0 Å². The summed E-state index contributed by atoms with van der Waals surface area (Å²) < 4.78 is 1.89. The molecule has 28 heavy (non-hydrogen) atoms. The first-order valence-corrected chi connectivity index (χ1v) is 9.63. The molecule has 6 heteroatoms. The largest absolute Gasteiger partial charge is 0.341 e. The van der Waals surface area contributed by atoms with Crippen LogP contribution in [0.3, 0.4) is 0 Å². The van der Waals surface area contributed by atoms with Crippen LogP contribution in [0.25, 0.3) is 11.1 Å². The van der Waals surface area contributed by atoms with Crippen LogP contribution in [0.1, 0.15) is 23.6 Å². The Morgan fingerprint density at radius 1 is 1.21 bits per heavy atom. The van der Waals surface area contributed by atoms with Gasteiger partial charge in [-0.1, -0.05) is 12.1 Å². The van der Waals surface area contributed by atoms with Gasteiger partial charge in [-0.05, 0) is 56.3 Å². The summed E-state index contributed by atoms with van der Waals surface area (Å²) in [4.78, 5) is 29.6. The molecule has 1 fully saturated rings. The van der Waals surface area contributed by atoms with Crippen LogP contribution in [-0.2, 0) is 11.3 Å². The monoisotopic (exact) mass is 376 g/mol. The van der Waals surface area contributed by atoms with Crippen LogP contribution in [0, 0.1) is 17.2 Å². The molecule has 0 aliphatic carbocycles. The number of nitrogens with zero attached hydrogens (tertiary/aromatic N) is 4. The molecular formula is C22H24N4O2. The van der Waals surface area contributed by atoms with E-state index in [1.54, 1.807) is 18.2 Å². The van der Waals surface area contributed by atoms with Crippen molar-refractivity contribution in [2.45, 2.75) is 18.9 Å². The van der Waals surface area contributed by atoms with Crippen LogP contribution < -0.4 is 5.56 Å². The molecule has 2 atom stereocenters. The number of aromatic nitrogens is 1. The molecule has 1 amide bonds. The third-order valence-corrected chi connectivity index (χ3v) is 5.71. The summed E-state index contributed by atoms with van der Waals surface area (Å²) in [5.74, 6) is 0.655. The number of piperidine rings is 1. The Bertz CT molecular complexity index is 1020. The highest BCUT2D eigenvalue weighted by molar-refractivity contribution is 5.78. The molecule has 1 aromatic heterocycles. The molecule has 6 nitrogen and oxygen atoms in total. The zero-order valence-corrected chi connectivity index (χ0v) is 16.3. The van der Waals surface area contributed by atoms with Crippen LogP contribution in [0.2, 0.25) is 0 Å². The van der Waals surface area contributed by atoms with Crippen LogP contribution in [0.4, 0.5) is 0 Å². The van der Waals surface area contributed by atoms with E-state index in [4.69, 9.17) is 5.26 Å². The van der Waals surface area contributed by atoms with E-state index in [9.17, 15) is 9.59 Å². The van der Waals surface area contributed by atoms with Gasteiger partial charge in [-0.3, -0.25) is 9.59 Å². The number of likely N-dealkylation sites (N-methyl/N-ethyl adjacent to an activating group) is 1. The molecule has 3 heterocycles. The van der Waals surface area contributed by atoms with E-state index in [1.807, 2.05) is 46.7 Å². The van der Waals surface area contributed by atoms with Gasteiger partial charge in [0.05, 0.1) is 18.2 Å². The van der Waals surface area contributed by atoms with Crippen molar-refractivity contribution >= 4 is 5.91 Å². The quantitative estimate of drug-likeness (QED) is 0.820. The second-order valence-corrected chi connectivity index (χ2v) is 8.12. The van der Waals surface area contributed by atoms with Crippen molar-refractivity contribution in [2.24, 2.45) is 5.92 Å². The maximum atomic E-state index is 13.2. The average molecular weight is 376 g/mol. The molecule has 0 radical (unpaired) electrons. The lowest BCUT2D eigenvalue weighted by Gasteiger charge is -2.43. The normalized spacial score (nSPS) is 20.6. The highest BCUT2D eigenvalue weighted by Gasteiger charge is 2.36. The number of carbonyl (C=O) groups is 1. The van der Waals surface area contributed by atoms with Gasteiger partial charge in [-0.15, -0.1) is 0 Å². The maximum Gasteiger partial charge on any atom is 0.258 e. The lowest BCUT2D eigenvalue weighted by molar-refractivity contribution is -0.134. The molecule has 1 saturated heterocycles. The smallest absolute Gasteiger partial charge is 0.258 e. The minimum absolute atomic E-state index is 0.00430. The Kier molecular flexibility index (Phi) is 4.78. The fourth-order valence-corrected chi connectivity index (χ4v) is 4.50. The number of fused-ring (bicyclic) bond motifs is 4. The van der Waals surface area contributed by atoms with Crippen molar-refractivity contribution in [3.05, 3.63) is 58.0 Å². The fourth-order valence-electron chi connectivity index (χ4n) is 4.50. The molecular weight excluding hydrogens is 352 g/mol. The van der Waals surface area contributed by atoms with Crippen LogP contribution >= 0.6 is 0 Å². The molecule has 0 saturated carbocycles. The van der Waals surface area contributed by atoms with Gasteiger partial charge in [0.25, 0.3) is 5.56 Å². The molecule has 2 unspecified atom stereocenters. The van der Waals surface area contributed by atoms with Gasteiger partial charge in [0.2, 0.25) is 5.91 Å². The van der Waals surface area contributed by atoms with E-state index in [1.165, 1.54) is 0 Å². The van der Waals surface area contributed by atoms with E-state index in [-0.39, 0.29) is 17.4 Å². The average Bonchev–Trinajstić information content (AvgIpc) is 2.68. The molecule has 1 aromatic carbocycles. The Morgan fingerprint density at radius 2 is 2.04 bits per heavy atom. The zero-order chi connectivity index (χ0) is 19.8. The van der Waals surface area contributed by atoms with E-state index >= 15 is 0 Å². The number of rotatable bonds is 3. The summed E-state index contributed by atoms with van der Waals surface area (Å²) >= 11 is 0. The van der Waals surface area contributed by atoms with E-state index in [0.29, 0.717) is 43.2 Å². The number of amides is 1. The molecule has 2 bridgehead atoms. The second-order valence-electron chi connectivity index (χ2n) is 8.12. The number of benzene rings is 1. The van der Waals surface area contributed by atoms with Gasteiger partial charge in [0, 0.05) is 36.8 Å². The molecule has 2 aliphatic rings. The summed E-state index contributed by atoms with van der Waals surface area (Å²) in [5.41, 5.74) is 2.96. The van der Waals surface area contributed by atoms with Crippen molar-refractivity contribution in [1.29, 1.82) is 5.26 Å². The lowest BCUT2D eigenvalue weighted by atomic mass is 9.82. The lowest BCUT2D eigenvalue weighted by Crippen LogP contribution is -2.51. The maximum absolute atomic E-state index is 13.2.